The van der Waals surface area contributed by atoms with Crippen molar-refractivity contribution in [2.24, 2.45) is 11.8 Å². The van der Waals surface area contributed by atoms with Gasteiger partial charge in [-0.05, 0) is 12.8 Å². The molecule has 0 aromatic rings. The van der Waals surface area contributed by atoms with E-state index < -0.39 is 0 Å². The van der Waals surface area contributed by atoms with Gasteiger partial charge in [0, 0.05) is 11.8 Å². The van der Waals surface area contributed by atoms with Crippen LogP contribution in [0.2, 0.25) is 0 Å². The van der Waals surface area contributed by atoms with E-state index >= 15 is 0 Å². The molecule has 0 amide bonds. The molecular weight excluding hydrogens is 150 g/mol. The third-order valence-electron chi connectivity index (χ3n) is 2.93. The van der Waals surface area contributed by atoms with E-state index in [0.29, 0.717) is 17.6 Å². The maximum absolute atomic E-state index is 11.7. The van der Waals surface area contributed by atoms with E-state index in [1.807, 2.05) is 0 Å². The lowest BCUT2D eigenvalue weighted by molar-refractivity contribution is -0.414. The van der Waals surface area contributed by atoms with Gasteiger partial charge in [-0.15, -0.1) is 0 Å². The quantitative estimate of drug-likeness (QED) is 0.675. The zero-order valence-electron chi connectivity index (χ0n) is 8.18. The van der Waals surface area contributed by atoms with Crippen LogP contribution in [0, 0.1) is 11.8 Å². The van der Waals surface area contributed by atoms with Crippen molar-refractivity contribution in [2.45, 2.75) is 45.6 Å². The van der Waals surface area contributed by atoms with Crippen molar-refractivity contribution >= 4 is 5.78 Å². The number of hydrogen-bond donors (Lipinski definition) is 1. The van der Waals surface area contributed by atoms with E-state index in [9.17, 15) is 4.79 Å². The molecule has 1 saturated carbocycles. The molecule has 0 aliphatic heterocycles. The first-order valence-electron chi connectivity index (χ1n) is 4.99. The molecule has 0 saturated heterocycles. The first-order chi connectivity index (χ1) is 5.63. The van der Waals surface area contributed by atoms with E-state index in [2.05, 4.69) is 19.6 Å². The second kappa shape index (κ2) is 4.04. The minimum absolute atomic E-state index is 0.0214. The van der Waals surface area contributed by atoms with Crippen LogP contribution in [0.5, 0.6) is 0 Å². The fraction of sp³-hybridized carbons (Fsp3) is 0.900. The van der Waals surface area contributed by atoms with E-state index in [1.165, 1.54) is 12.8 Å². The first-order valence-corrected chi connectivity index (χ1v) is 4.99. The van der Waals surface area contributed by atoms with Crippen molar-refractivity contribution in [3.8, 4) is 0 Å². The Morgan fingerprint density at radius 2 is 1.83 bits per heavy atom. The highest BCUT2D eigenvalue weighted by Gasteiger charge is 2.30. The second-order valence-corrected chi connectivity index (χ2v) is 4.23. The molecule has 1 fully saturated rings. The Balaban J connectivity index is 2.45. The van der Waals surface area contributed by atoms with Crippen LogP contribution in [0.1, 0.15) is 39.5 Å². The Bertz CT molecular complexity index is 155. The van der Waals surface area contributed by atoms with Crippen molar-refractivity contribution in [3.63, 3.8) is 0 Å². The molecule has 0 spiro atoms. The zero-order valence-corrected chi connectivity index (χ0v) is 8.18. The molecule has 0 bridgehead atoms. The maximum atomic E-state index is 11.7. The van der Waals surface area contributed by atoms with Gasteiger partial charge in [-0.3, -0.25) is 4.79 Å². The minimum atomic E-state index is 0.0214. The lowest BCUT2D eigenvalue weighted by atomic mass is 9.91. The summed E-state index contributed by atoms with van der Waals surface area (Å²) in [5.41, 5.74) is 3.93. The molecule has 0 heterocycles. The fourth-order valence-corrected chi connectivity index (χ4v) is 1.84. The molecule has 1 aliphatic rings. The summed E-state index contributed by atoms with van der Waals surface area (Å²) in [5.74, 6) is 1.15. The SMILES string of the molecule is CC(C)C([NH3+])C(=O)C1CCCC1. The largest absolute Gasteiger partial charge is 0.349 e. The van der Waals surface area contributed by atoms with E-state index in [0.717, 1.165) is 12.8 Å². The molecule has 0 radical (unpaired) electrons. The van der Waals surface area contributed by atoms with Gasteiger partial charge in [0.1, 0.15) is 6.04 Å². The molecule has 0 aromatic carbocycles. The third-order valence-corrected chi connectivity index (χ3v) is 2.93. The van der Waals surface area contributed by atoms with Gasteiger partial charge in [-0.25, -0.2) is 0 Å². The summed E-state index contributed by atoms with van der Waals surface area (Å²) in [6.07, 6.45) is 4.69. The van der Waals surface area contributed by atoms with Gasteiger partial charge < -0.3 is 5.73 Å². The van der Waals surface area contributed by atoms with E-state index in [4.69, 9.17) is 0 Å². The average molecular weight is 170 g/mol. The van der Waals surface area contributed by atoms with Gasteiger partial charge in [0.25, 0.3) is 0 Å². The van der Waals surface area contributed by atoms with Gasteiger partial charge in [-0.1, -0.05) is 26.7 Å². The Hall–Kier alpha value is -0.370. The molecule has 70 valence electrons. The predicted octanol–water partition coefficient (Wildman–Crippen LogP) is 1.01. The number of carbonyl (C=O) groups is 1. The van der Waals surface area contributed by atoms with Crippen molar-refractivity contribution in [1.82, 2.24) is 0 Å². The number of ketones is 1. The van der Waals surface area contributed by atoms with Crippen LogP contribution in [-0.4, -0.2) is 11.8 Å². The normalized spacial score (nSPS) is 21.7. The molecule has 1 rings (SSSR count). The zero-order chi connectivity index (χ0) is 9.14. The van der Waals surface area contributed by atoms with Crippen LogP contribution in [0.15, 0.2) is 0 Å². The fourth-order valence-electron chi connectivity index (χ4n) is 1.84. The van der Waals surface area contributed by atoms with Crippen LogP contribution < -0.4 is 5.73 Å². The predicted molar refractivity (Wildman–Crippen MR) is 48.5 cm³/mol. The Labute approximate surface area is 74.5 Å². The minimum Gasteiger partial charge on any atom is -0.349 e. The van der Waals surface area contributed by atoms with Crippen LogP contribution >= 0.6 is 0 Å². The number of Topliss-reactive ketones (excluding diaryl/α,β-unsaturated/α-hetero) is 1. The monoisotopic (exact) mass is 170 g/mol. The Kier molecular flexibility index (Phi) is 3.27. The lowest BCUT2D eigenvalue weighted by Gasteiger charge is -2.14. The standard InChI is InChI=1S/C10H19NO/c1-7(2)9(11)10(12)8-5-3-4-6-8/h7-9H,3-6,11H2,1-2H3/p+1. The van der Waals surface area contributed by atoms with Crippen molar-refractivity contribution in [3.05, 3.63) is 0 Å². The van der Waals surface area contributed by atoms with Crippen LogP contribution in [0.3, 0.4) is 0 Å². The molecule has 1 atom stereocenters. The number of hydrogen-bond acceptors (Lipinski definition) is 1. The molecule has 1 unspecified atom stereocenters. The van der Waals surface area contributed by atoms with Gasteiger partial charge in [0.15, 0.2) is 5.78 Å². The summed E-state index contributed by atoms with van der Waals surface area (Å²) in [5, 5.41) is 0. The number of rotatable bonds is 3. The molecule has 0 aromatic heterocycles. The van der Waals surface area contributed by atoms with Crippen LogP contribution in [0.4, 0.5) is 0 Å². The molecular formula is C10H20NO+. The third kappa shape index (κ3) is 2.07. The number of quaternary nitrogens is 1. The smallest absolute Gasteiger partial charge is 0.193 e. The summed E-state index contributed by atoms with van der Waals surface area (Å²) in [6, 6.07) is 0.0214. The molecule has 2 nitrogen and oxygen atoms in total. The van der Waals surface area contributed by atoms with E-state index in [-0.39, 0.29) is 6.04 Å². The summed E-state index contributed by atoms with van der Waals surface area (Å²) < 4.78 is 0. The first kappa shape index (κ1) is 9.72. The average Bonchev–Trinajstić information content (AvgIpc) is 2.53. The van der Waals surface area contributed by atoms with Crippen LogP contribution in [0.25, 0.3) is 0 Å². The summed E-state index contributed by atoms with van der Waals surface area (Å²) in [4.78, 5) is 11.7. The summed E-state index contributed by atoms with van der Waals surface area (Å²) >= 11 is 0. The van der Waals surface area contributed by atoms with Gasteiger partial charge in [-0.2, -0.15) is 0 Å². The molecule has 3 N–H and O–H groups in total. The summed E-state index contributed by atoms with van der Waals surface area (Å²) in [6.45, 7) is 4.15. The van der Waals surface area contributed by atoms with Crippen molar-refractivity contribution in [1.29, 1.82) is 0 Å². The highest BCUT2D eigenvalue weighted by Crippen LogP contribution is 2.26. The summed E-state index contributed by atoms with van der Waals surface area (Å²) in [7, 11) is 0. The Morgan fingerprint density at radius 1 is 1.33 bits per heavy atom. The second-order valence-electron chi connectivity index (χ2n) is 4.23. The van der Waals surface area contributed by atoms with Crippen molar-refractivity contribution < 1.29 is 10.5 Å². The molecule has 2 heteroatoms. The maximum Gasteiger partial charge on any atom is 0.193 e. The van der Waals surface area contributed by atoms with Crippen LogP contribution in [-0.2, 0) is 4.79 Å². The Morgan fingerprint density at radius 3 is 2.25 bits per heavy atom. The highest BCUT2D eigenvalue weighted by atomic mass is 16.1. The van der Waals surface area contributed by atoms with Gasteiger partial charge in [0.05, 0.1) is 0 Å². The van der Waals surface area contributed by atoms with Gasteiger partial charge >= 0.3 is 0 Å². The van der Waals surface area contributed by atoms with Crippen molar-refractivity contribution in [2.75, 3.05) is 0 Å². The number of carbonyl (C=O) groups excluding carboxylic acids is 1. The lowest BCUT2D eigenvalue weighted by Crippen LogP contribution is -2.68. The topological polar surface area (TPSA) is 44.7 Å². The van der Waals surface area contributed by atoms with Gasteiger partial charge in [0.2, 0.25) is 0 Å². The van der Waals surface area contributed by atoms with E-state index in [1.54, 1.807) is 0 Å². The molecule has 1 aliphatic carbocycles. The highest BCUT2D eigenvalue weighted by molar-refractivity contribution is 5.85. The molecule has 12 heavy (non-hydrogen) atoms.